The van der Waals surface area contributed by atoms with Crippen molar-refractivity contribution in [3.05, 3.63) is 53.1 Å². The van der Waals surface area contributed by atoms with Gasteiger partial charge in [0.25, 0.3) is 5.91 Å². The quantitative estimate of drug-likeness (QED) is 0.705. The molecule has 0 radical (unpaired) electrons. The molecule has 0 aliphatic carbocycles. The first-order chi connectivity index (χ1) is 11.7. The summed E-state index contributed by atoms with van der Waals surface area (Å²) in [6, 6.07) is 13.4. The number of hydrogen-bond acceptors (Lipinski definition) is 5. The molecule has 122 valence electrons. The van der Waals surface area contributed by atoms with Gasteiger partial charge in [0.2, 0.25) is 0 Å². The van der Waals surface area contributed by atoms with Crippen LogP contribution in [-0.2, 0) is 0 Å². The second-order valence-corrected chi connectivity index (χ2v) is 6.66. The van der Waals surface area contributed by atoms with E-state index >= 15 is 0 Å². The van der Waals surface area contributed by atoms with E-state index in [-0.39, 0.29) is 5.91 Å². The Morgan fingerprint density at radius 2 is 1.83 bits per heavy atom. The van der Waals surface area contributed by atoms with Crippen LogP contribution in [0.2, 0.25) is 5.02 Å². The van der Waals surface area contributed by atoms with Crippen LogP contribution in [0, 0.1) is 0 Å². The fourth-order valence-electron chi connectivity index (χ4n) is 2.99. The Labute approximate surface area is 148 Å². The van der Waals surface area contributed by atoms with Gasteiger partial charge in [0.1, 0.15) is 11.0 Å². The summed E-state index contributed by atoms with van der Waals surface area (Å²) in [6.45, 7) is 2.94. The molecule has 1 aliphatic heterocycles. The second-order valence-electron chi connectivity index (χ2n) is 5.70. The predicted molar refractivity (Wildman–Crippen MR) is 97.0 cm³/mol. The number of nitrogens with zero attached hydrogens (tertiary/aromatic N) is 4. The minimum atomic E-state index is 0.0269. The summed E-state index contributed by atoms with van der Waals surface area (Å²) in [5.74, 6) is 0.0269. The Bertz CT molecular complexity index is 889. The highest BCUT2D eigenvalue weighted by Crippen LogP contribution is 2.22. The number of hydrogen-bond donors (Lipinski definition) is 0. The lowest BCUT2D eigenvalue weighted by Crippen LogP contribution is -2.48. The van der Waals surface area contributed by atoms with Gasteiger partial charge in [-0.2, -0.15) is 8.75 Å². The SMILES string of the molecule is O=C(c1cccc2nsnc12)N1CCN(c2cccc(Cl)c2)CC1. The summed E-state index contributed by atoms with van der Waals surface area (Å²) in [4.78, 5) is 17.0. The third-order valence-corrected chi connectivity index (χ3v) is 5.03. The van der Waals surface area contributed by atoms with Crippen molar-refractivity contribution < 1.29 is 4.79 Å². The molecule has 4 rings (SSSR count). The first kappa shape index (κ1) is 15.4. The molecule has 1 amide bonds. The van der Waals surface area contributed by atoms with Crippen molar-refractivity contribution in [1.82, 2.24) is 13.6 Å². The molecule has 3 aromatic rings. The number of aromatic nitrogens is 2. The van der Waals surface area contributed by atoms with Gasteiger partial charge in [0.05, 0.1) is 17.3 Å². The molecule has 24 heavy (non-hydrogen) atoms. The smallest absolute Gasteiger partial charge is 0.256 e. The van der Waals surface area contributed by atoms with E-state index < -0.39 is 0 Å². The Morgan fingerprint density at radius 3 is 2.62 bits per heavy atom. The van der Waals surface area contributed by atoms with Gasteiger partial charge in [-0.25, -0.2) is 0 Å². The Morgan fingerprint density at radius 1 is 1.04 bits per heavy atom. The zero-order valence-corrected chi connectivity index (χ0v) is 14.4. The van der Waals surface area contributed by atoms with Gasteiger partial charge in [-0.3, -0.25) is 4.79 Å². The van der Waals surface area contributed by atoms with E-state index in [0.717, 1.165) is 41.0 Å². The topological polar surface area (TPSA) is 49.3 Å². The van der Waals surface area contributed by atoms with E-state index in [1.807, 2.05) is 47.4 Å². The number of amides is 1. The van der Waals surface area contributed by atoms with E-state index in [9.17, 15) is 4.79 Å². The largest absolute Gasteiger partial charge is 0.368 e. The van der Waals surface area contributed by atoms with Crippen LogP contribution in [0.15, 0.2) is 42.5 Å². The molecule has 0 saturated carbocycles. The second kappa shape index (κ2) is 6.37. The van der Waals surface area contributed by atoms with E-state index in [2.05, 4.69) is 13.6 Å². The number of carbonyl (C=O) groups is 1. The molecule has 0 atom stereocenters. The van der Waals surface area contributed by atoms with Gasteiger partial charge >= 0.3 is 0 Å². The predicted octanol–water partition coefficient (Wildman–Crippen LogP) is 3.31. The van der Waals surface area contributed by atoms with Crippen LogP contribution >= 0.6 is 23.3 Å². The molecule has 7 heteroatoms. The number of carbonyl (C=O) groups excluding carboxylic acids is 1. The summed E-state index contributed by atoms with van der Waals surface area (Å²) in [5, 5.41) is 0.730. The van der Waals surface area contributed by atoms with Crippen molar-refractivity contribution >= 4 is 46.0 Å². The van der Waals surface area contributed by atoms with Crippen molar-refractivity contribution in [2.75, 3.05) is 31.1 Å². The average Bonchev–Trinajstić information content (AvgIpc) is 3.10. The minimum Gasteiger partial charge on any atom is -0.368 e. The van der Waals surface area contributed by atoms with Gasteiger partial charge in [0.15, 0.2) is 0 Å². The van der Waals surface area contributed by atoms with Crippen molar-refractivity contribution in [1.29, 1.82) is 0 Å². The zero-order valence-electron chi connectivity index (χ0n) is 12.9. The summed E-state index contributed by atoms with van der Waals surface area (Å²) in [5.41, 5.74) is 3.21. The monoisotopic (exact) mass is 358 g/mol. The molecule has 1 fully saturated rings. The Kier molecular flexibility index (Phi) is 4.08. The van der Waals surface area contributed by atoms with Gasteiger partial charge in [-0.05, 0) is 30.3 Å². The van der Waals surface area contributed by atoms with Crippen LogP contribution in [0.3, 0.4) is 0 Å². The maximum Gasteiger partial charge on any atom is 0.256 e. The standard InChI is InChI=1S/C17H15ClN4OS/c18-12-3-1-4-13(11-12)21-7-9-22(10-8-21)17(23)14-5-2-6-15-16(14)20-24-19-15/h1-6,11H,7-10H2. The number of halogens is 1. The van der Waals surface area contributed by atoms with Crippen molar-refractivity contribution in [3.63, 3.8) is 0 Å². The highest BCUT2D eigenvalue weighted by molar-refractivity contribution is 7.00. The first-order valence-corrected chi connectivity index (χ1v) is 8.84. The molecular weight excluding hydrogens is 344 g/mol. The lowest BCUT2D eigenvalue weighted by molar-refractivity contribution is 0.0748. The normalized spacial score (nSPS) is 15.0. The maximum atomic E-state index is 12.8. The fourth-order valence-corrected chi connectivity index (χ4v) is 3.72. The number of fused-ring (bicyclic) bond motifs is 1. The van der Waals surface area contributed by atoms with Crippen LogP contribution in [0.1, 0.15) is 10.4 Å². The molecule has 2 aromatic carbocycles. The fraction of sp³-hybridized carbons (Fsp3) is 0.235. The Hall–Kier alpha value is -2.18. The number of piperazine rings is 1. The molecule has 1 aromatic heterocycles. The van der Waals surface area contributed by atoms with Crippen LogP contribution < -0.4 is 4.90 Å². The van der Waals surface area contributed by atoms with Gasteiger partial charge in [-0.15, -0.1) is 0 Å². The van der Waals surface area contributed by atoms with Gasteiger partial charge in [-0.1, -0.05) is 23.7 Å². The highest BCUT2D eigenvalue weighted by Gasteiger charge is 2.24. The lowest BCUT2D eigenvalue weighted by Gasteiger charge is -2.36. The van der Waals surface area contributed by atoms with Gasteiger partial charge < -0.3 is 9.80 Å². The summed E-state index contributed by atoms with van der Waals surface area (Å²) >= 11 is 7.20. The number of benzene rings is 2. The first-order valence-electron chi connectivity index (χ1n) is 7.73. The van der Waals surface area contributed by atoms with Crippen LogP contribution in [0.25, 0.3) is 11.0 Å². The van der Waals surface area contributed by atoms with Crippen LogP contribution in [0.4, 0.5) is 5.69 Å². The average molecular weight is 359 g/mol. The molecule has 0 bridgehead atoms. The maximum absolute atomic E-state index is 12.8. The third kappa shape index (κ3) is 2.83. The molecule has 1 aliphatic rings. The lowest BCUT2D eigenvalue weighted by atomic mass is 10.1. The minimum absolute atomic E-state index is 0.0269. The molecular formula is C17H15ClN4OS. The molecule has 1 saturated heterocycles. The third-order valence-electron chi connectivity index (χ3n) is 4.26. The van der Waals surface area contributed by atoms with E-state index in [4.69, 9.17) is 11.6 Å². The highest BCUT2D eigenvalue weighted by atomic mass is 35.5. The van der Waals surface area contributed by atoms with E-state index in [1.165, 1.54) is 0 Å². The van der Waals surface area contributed by atoms with Crippen molar-refractivity contribution in [2.45, 2.75) is 0 Å². The van der Waals surface area contributed by atoms with E-state index in [0.29, 0.717) is 24.2 Å². The van der Waals surface area contributed by atoms with Crippen LogP contribution in [0.5, 0.6) is 0 Å². The van der Waals surface area contributed by atoms with Crippen molar-refractivity contribution in [2.24, 2.45) is 0 Å². The molecule has 2 heterocycles. The van der Waals surface area contributed by atoms with Crippen molar-refractivity contribution in [3.8, 4) is 0 Å². The molecule has 0 N–H and O–H groups in total. The van der Waals surface area contributed by atoms with E-state index in [1.54, 1.807) is 0 Å². The molecule has 0 unspecified atom stereocenters. The summed E-state index contributed by atoms with van der Waals surface area (Å²) in [7, 11) is 0. The number of rotatable bonds is 2. The summed E-state index contributed by atoms with van der Waals surface area (Å²) < 4.78 is 8.47. The number of anilines is 1. The zero-order chi connectivity index (χ0) is 16.5. The van der Waals surface area contributed by atoms with Crippen LogP contribution in [-0.4, -0.2) is 45.7 Å². The molecule has 0 spiro atoms. The molecule has 5 nitrogen and oxygen atoms in total. The Balaban J connectivity index is 1.49. The summed E-state index contributed by atoms with van der Waals surface area (Å²) in [6.07, 6.45) is 0. The van der Waals surface area contributed by atoms with Gasteiger partial charge in [0, 0.05) is 36.9 Å².